The Morgan fingerprint density at radius 2 is 1.95 bits per heavy atom. The van der Waals surface area contributed by atoms with Crippen molar-refractivity contribution >= 4 is 23.2 Å². The first-order valence-corrected chi connectivity index (χ1v) is 8.21. The fraction of sp³-hybridized carbons (Fsp3) is 0.647. The van der Waals surface area contributed by atoms with E-state index in [-0.39, 0.29) is 11.0 Å². The lowest BCUT2D eigenvalue weighted by Gasteiger charge is -2.48. The zero-order valence-electron chi connectivity index (χ0n) is 12.7. The van der Waals surface area contributed by atoms with Gasteiger partial charge in [0.05, 0.1) is 0 Å². The average molecular weight is 314 g/mol. The van der Waals surface area contributed by atoms with E-state index in [1.807, 2.05) is 18.2 Å². The highest BCUT2D eigenvalue weighted by Crippen LogP contribution is 2.45. The van der Waals surface area contributed by atoms with Crippen LogP contribution in [0.15, 0.2) is 18.2 Å². The molecule has 0 spiro atoms. The van der Waals surface area contributed by atoms with Crippen molar-refractivity contribution in [3.05, 3.63) is 33.8 Å². The molecule has 20 heavy (non-hydrogen) atoms. The van der Waals surface area contributed by atoms with Crippen LogP contribution in [0.3, 0.4) is 0 Å². The van der Waals surface area contributed by atoms with Gasteiger partial charge in [-0.3, -0.25) is 0 Å². The van der Waals surface area contributed by atoms with Gasteiger partial charge in [-0.2, -0.15) is 0 Å². The predicted molar refractivity (Wildman–Crippen MR) is 88.5 cm³/mol. The third kappa shape index (κ3) is 3.50. The molecular formula is C17H25Cl2N. The molecule has 1 saturated carbocycles. The quantitative estimate of drug-likeness (QED) is 0.769. The summed E-state index contributed by atoms with van der Waals surface area (Å²) >= 11 is 12.4. The summed E-state index contributed by atoms with van der Waals surface area (Å²) in [5.41, 5.74) is 7.97. The molecule has 2 rings (SSSR count). The maximum atomic E-state index is 6.84. The summed E-state index contributed by atoms with van der Waals surface area (Å²) in [4.78, 5) is 0. The number of hydrogen-bond donors (Lipinski definition) is 1. The van der Waals surface area contributed by atoms with Gasteiger partial charge in [0.1, 0.15) is 0 Å². The number of halogens is 2. The van der Waals surface area contributed by atoms with Crippen molar-refractivity contribution in [1.29, 1.82) is 0 Å². The number of benzene rings is 1. The van der Waals surface area contributed by atoms with Crippen molar-refractivity contribution in [2.75, 3.05) is 0 Å². The third-order valence-corrected chi connectivity index (χ3v) is 5.26. The molecule has 0 aliphatic heterocycles. The standard InChI is InChI=1S/C17H25Cl2N/c1-16(2,3)15-6-4-5-9-17(15,20)11-12-10-13(18)7-8-14(12)19/h7-8,10,15H,4-6,9,11,20H2,1-3H3. The zero-order valence-corrected chi connectivity index (χ0v) is 14.2. The van der Waals surface area contributed by atoms with E-state index in [4.69, 9.17) is 28.9 Å². The van der Waals surface area contributed by atoms with E-state index in [2.05, 4.69) is 20.8 Å². The van der Waals surface area contributed by atoms with Gasteiger partial charge in [-0.15, -0.1) is 0 Å². The summed E-state index contributed by atoms with van der Waals surface area (Å²) < 4.78 is 0. The van der Waals surface area contributed by atoms with Crippen molar-refractivity contribution in [3.63, 3.8) is 0 Å². The Morgan fingerprint density at radius 1 is 1.25 bits per heavy atom. The van der Waals surface area contributed by atoms with E-state index in [0.717, 1.165) is 28.5 Å². The van der Waals surface area contributed by atoms with Gasteiger partial charge >= 0.3 is 0 Å². The average Bonchev–Trinajstić information content (AvgIpc) is 2.32. The van der Waals surface area contributed by atoms with Gasteiger partial charge in [-0.1, -0.05) is 56.8 Å². The van der Waals surface area contributed by atoms with Crippen LogP contribution in [0.1, 0.15) is 52.0 Å². The first-order valence-electron chi connectivity index (χ1n) is 7.45. The zero-order chi connectivity index (χ0) is 15.0. The van der Waals surface area contributed by atoms with Crippen molar-refractivity contribution in [2.24, 2.45) is 17.1 Å². The summed E-state index contributed by atoms with van der Waals surface area (Å²) in [6.07, 6.45) is 5.58. The van der Waals surface area contributed by atoms with E-state index in [1.54, 1.807) is 0 Å². The van der Waals surface area contributed by atoms with Gasteiger partial charge in [-0.05, 0) is 54.4 Å². The van der Waals surface area contributed by atoms with Crippen molar-refractivity contribution in [3.8, 4) is 0 Å². The highest BCUT2D eigenvalue weighted by molar-refractivity contribution is 6.33. The molecule has 1 aliphatic rings. The number of nitrogens with two attached hydrogens (primary N) is 1. The Labute approximate surface area is 132 Å². The summed E-state index contributed by atoms with van der Waals surface area (Å²) in [6.45, 7) is 6.89. The lowest BCUT2D eigenvalue weighted by atomic mass is 9.61. The second-order valence-electron chi connectivity index (χ2n) is 7.31. The number of hydrogen-bond acceptors (Lipinski definition) is 1. The molecule has 0 radical (unpaired) electrons. The van der Waals surface area contributed by atoms with E-state index in [0.29, 0.717) is 5.92 Å². The Bertz CT molecular complexity index is 478. The van der Waals surface area contributed by atoms with Crippen LogP contribution < -0.4 is 5.73 Å². The van der Waals surface area contributed by atoms with Crippen molar-refractivity contribution in [1.82, 2.24) is 0 Å². The normalized spacial score (nSPS) is 27.6. The maximum absolute atomic E-state index is 6.84. The molecular weight excluding hydrogens is 289 g/mol. The molecule has 2 N–H and O–H groups in total. The molecule has 0 bridgehead atoms. The van der Waals surface area contributed by atoms with Gasteiger partial charge in [0.25, 0.3) is 0 Å². The molecule has 2 atom stereocenters. The van der Waals surface area contributed by atoms with Gasteiger partial charge < -0.3 is 5.73 Å². The van der Waals surface area contributed by atoms with E-state index in [9.17, 15) is 0 Å². The lowest BCUT2D eigenvalue weighted by molar-refractivity contribution is 0.0793. The van der Waals surface area contributed by atoms with Crippen LogP contribution >= 0.6 is 23.2 Å². The van der Waals surface area contributed by atoms with Gasteiger partial charge in [-0.25, -0.2) is 0 Å². The fourth-order valence-corrected chi connectivity index (χ4v) is 4.18. The minimum absolute atomic E-state index is 0.176. The molecule has 1 fully saturated rings. The Kier molecular flexibility index (Phi) is 4.73. The largest absolute Gasteiger partial charge is 0.325 e. The second-order valence-corrected chi connectivity index (χ2v) is 8.15. The monoisotopic (exact) mass is 313 g/mol. The summed E-state index contributed by atoms with van der Waals surface area (Å²) in [5, 5.41) is 1.51. The topological polar surface area (TPSA) is 26.0 Å². The highest BCUT2D eigenvalue weighted by Gasteiger charge is 2.43. The smallest absolute Gasteiger partial charge is 0.0439 e. The van der Waals surface area contributed by atoms with Crippen molar-refractivity contribution < 1.29 is 0 Å². The maximum Gasteiger partial charge on any atom is 0.0439 e. The Hall–Kier alpha value is -0.240. The molecule has 1 aliphatic carbocycles. The molecule has 1 aromatic rings. The SMILES string of the molecule is CC(C)(C)C1CCCCC1(N)Cc1cc(Cl)ccc1Cl. The molecule has 0 saturated heterocycles. The summed E-state index contributed by atoms with van der Waals surface area (Å²) in [5.74, 6) is 0.513. The minimum atomic E-state index is -0.176. The first-order chi connectivity index (χ1) is 9.22. The van der Waals surface area contributed by atoms with Crippen LogP contribution in [0.5, 0.6) is 0 Å². The highest BCUT2D eigenvalue weighted by atomic mass is 35.5. The molecule has 0 aromatic heterocycles. The molecule has 3 heteroatoms. The van der Waals surface area contributed by atoms with Crippen LogP contribution in [0, 0.1) is 11.3 Å². The van der Waals surface area contributed by atoms with Crippen molar-refractivity contribution in [2.45, 2.75) is 58.4 Å². The molecule has 1 aromatic carbocycles. The summed E-state index contributed by atoms with van der Waals surface area (Å²) in [7, 11) is 0. The van der Waals surface area contributed by atoms with Crippen LogP contribution in [-0.4, -0.2) is 5.54 Å². The Balaban J connectivity index is 2.30. The van der Waals surface area contributed by atoms with Gasteiger partial charge in [0, 0.05) is 15.6 Å². The van der Waals surface area contributed by atoms with E-state index in [1.165, 1.54) is 19.3 Å². The minimum Gasteiger partial charge on any atom is -0.325 e. The molecule has 1 nitrogen and oxygen atoms in total. The lowest BCUT2D eigenvalue weighted by Crippen LogP contribution is -2.55. The molecule has 0 amide bonds. The second kappa shape index (κ2) is 5.87. The molecule has 0 heterocycles. The van der Waals surface area contributed by atoms with Crippen LogP contribution in [-0.2, 0) is 6.42 Å². The van der Waals surface area contributed by atoms with E-state index < -0.39 is 0 Å². The third-order valence-electron chi connectivity index (χ3n) is 4.65. The van der Waals surface area contributed by atoms with Gasteiger partial charge in [0.2, 0.25) is 0 Å². The fourth-order valence-electron chi connectivity index (χ4n) is 3.80. The van der Waals surface area contributed by atoms with E-state index >= 15 is 0 Å². The van der Waals surface area contributed by atoms with Crippen LogP contribution in [0.2, 0.25) is 10.0 Å². The molecule has 112 valence electrons. The van der Waals surface area contributed by atoms with Gasteiger partial charge in [0.15, 0.2) is 0 Å². The molecule has 2 unspecified atom stereocenters. The first kappa shape index (κ1) is 16.1. The van der Waals surface area contributed by atoms with Crippen LogP contribution in [0.25, 0.3) is 0 Å². The summed E-state index contributed by atoms with van der Waals surface area (Å²) in [6, 6.07) is 5.67. The number of rotatable bonds is 2. The Morgan fingerprint density at radius 3 is 2.60 bits per heavy atom. The van der Waals surface area contributed by atoms with Crippen LogP contribution in [0.4, 0.5) is 0 Å². The predicted octanol–water partition coefficient (Wildman–Crippen LogP) is 5.47.